The van der Waals surface area contributed by atoms with Crippen LogP contribution in [-0.4, -0.2) is 29.6 Å². The third kappa shape index (κ3) is 5.81. The lowest BCUT2D eigenvalue weighted by Crippen LogP contribution is -2.31. The van der Waals surface area contributed by atoms with Crippen molar-refractivity contribution in [2.24, 2.45) is 0 Å². The van der Waals surface area contributed by atoms with Crippen molar-refractivity contribution in [1.82, 2.24) is 4.90 Å². The Balaban J connectivity index is 2.05. The Bertz CT molecular complexity index is 683. The minimum Gasteiger partial charge on any atom is -0.456 e. The zero-order valence-electron chi connectivity index (χ0n) is 14.9. The monoisotopic (exact) mass is 469 g/mol. The van der Waals surface area contributed by atoms with Gasteiger partial charge in [0.2, 0.25) is 0 Å². The molecule has 0 radical (unpaired) electrons. The molecule has 0 heterocycles. The molecule has 1 N–H and O–H groups in total. The van der Waals surface area contributed by atoms with Gasteiger partial charge in [0.1, 0.15) is 11.5 Å². The maximum atomic E-state index is 10.8. The fourth-order valence-corrected chi connectivity index (χ4v) is 3.75. The molecule has 2 aromatic rings. The zero-order chi connectivity index (χ0) is 18.4. The van der Waals surface area contributed by atoms with Crippen LogP contribution in [0.1, 0.15) is 32.8 Å². The van der Waals surface area contributed by atoms with Gasteiger partial charge in [-0.05, 0) is 78.3 Å². The molecule has 0 aliphatic heterocycles. The van der Waals surface area contributed by atoms with E-state index in [0.29, 0.717) is 6.42 Å². The van der Waals surface area contributed by atoms with Crippen molar-refractivity contribution in [1.29, 1.82) is 0 Å². The number of hydrogen-bond acceptors (Lipinski definition) is 3. The topological polar surface area (TPSA) is 32.7 Å². The van der Waals surface area contributed by atoms with E-state index < -0.39 is 5.60 Å². The summed E-state index contributed by atoms with van der Waals surface area (Å²) in [5.74, 6) is 1.50. The van der Waals surface area contributed by atoms with Gasteiger partial charge in [-0.1, -0.05) is 41.9 Å². The van der Waals surface area contributed by atoms with E-state index in [0.717, 1.165) is 45.6 Å². The Kier molecular flexibility index (Phi) is 7.50. The predicted molar refractivity (Wildman–Crippen MR) is 110 cm³/mol. The van der Waals surface area contributed by atoms with Gasteiger partial charge in [-0.15, -0.1) is 0 Å². The molecule has 2 aromatic carbocycles. The Morgan fingerprint density at radius 2 is 1.68 bits per heavy atom. The number of halogens is 2. The first-order valence-corrected chi connectivity index (χ1v) is 10.1. The van der Waals surface area contributed by atoms with Crippen LogP contribution in [0.15, 0.2) is 51.4 Å². The second kappa shape index (κ2) is 9.17. The van der Waals surface area contributed by atoms with Gasteiger partial charge >= 0.3 is 0 Å². The number of aliphatic hydroxyl groups is 1. The maximum Gasteiger partial charge on any atom is 0.141 e. The molecule has 0 saturated heterocycles. The van der Waals surface area contributed by atoms with Crippen molar-refractivity contribution in [2.75, 3.05) is 19.6 Å². The third-order valence-electron chi connectivity index (χ3n) is 4.41. The van der Waals surface area contributed by atoms with Crippen molar-refractivity contribution in [3.63, 3.8) is 0 Å². The summed E-state index contributed by atoms with van der Waals surface area (Å²) in [6.45, 7) is 9.04. The summed E-state index contributed by atoms with van der Waals surface area (Å²) < 4.78 is 7.79. The van der Waals surface area contributed by atoms with Gasteiger partial charge in [-0.25, -0.2) is 0 Å². The van der Waals surface area contributed by atoms with Crippen molar-refractivity contribution in [3.8, 4) is 11.5 Å². The van der Waals surface area contributed by atoms with Crippen LogP contribution in [0.4, 0.5) is 0 Å². The van der Waals surface area contributed by atoms with Crippen LogP contribution in [0.25, 0.3) is 0 Å². The highest BCUT2D eigenvalue weighted by molar-refractivity contribution is 9.11. The van der Waals surface area contributed by atoms with Crippen molar-refractivity contribution in [3.05, 3.63) is 57.0 Å². The first kappa shape index (κ1) is 20.4. The molecule has 5 heteroatoms. The van der Waals surface area contributed by atoms with Gasteiger partial charge < -0.3 is 14.7 Å². The minimum absolute atomic E-state index is 0.702. The molecule has 0 aliphatic carbocycles. The highest BCUT2D eigenvalue weighted by Gasteiger charge is 2.23. The summed E-state index contributed by atoms with van der Waals surface area (Å²) in [5.41, 5.74) is 0.0566. The van der Waals surface area contributed by atoms with E-state index in [1.165, 1.54) is 0 Å². The SMILES string of the molecule is CCN(CC)CCC(C)(O)c1ccc(Oc2ccc(Br)cc2Br)cc1. The quantitative estimate of drug-likeness (QED) is 0.517. The summed E-state index contributed by atoms with van der Waals surface area (Å²) in [6.07, 6.45) is 0.702. The lowest BCUT2D eigenvalue weighted by atomic mass is 9.92. The van der Waals surface area contributed by atoms with Crippen molar-refractivity contribution < 1.29 is 9.84 Å². The second-order valence-corrected chi connectivity index (χ2v) is 8.02. The number of ether oxygens (including phenoxy) is 1. The molecule has 0 fully saturated rings. The van der Waals surface area contributed by atoms with E-state index in [9.17, 15) is 5.11 Å². The predicted octanol–water partition coefficient (Wildman–Crippen LogP) is 5.94. The van der Waals surface area contributed by atoms with Crippen molar-refractivity contribution >= 4 is 31.9 Å². The average molecular weight is 471 g/mol. The van der Waals surface area contributed by atoms with Crippen LogP contribution in [0.3, 0.4) is 0 Å². The number of rotatable bonds is 8. The van der Waals surface area contributed by atoms with Gasteiger partial charge in [0.15, 0.2) is 0 Å². The Morgan fingerprint density at radius 3 is 2.24 bits per heavy atom. The van der Waals surface area contributed by atoms with Crippen LogP contribution in [0.5, 0.6) is 11.5 Å². The van der Waals surface area contributed by atoms with E-state index in [-0.39, 0.29) is 0 Å². The summed E-state index contributed by atoms with van der Waals surface area (Å²) in [5, 5.41) is 10.8. The van der Waals surface area contributed by atoms with Crippen molar-refractivity contribution in [2.45, 2.75) is 32.8 Å². The summed E-state index contributed by atoms with van der Waals surface area (Å²) in [4.78, 5) is 2.32. The van der Waals surface area contributed by atoms with E-state index in [1.54, 1.807) is 0 Å². The van der Waals surface area contributed by atoms with E-state index in [4.69, 9.17) is 4.74 Å². The molecule has 0 saturated carbocycles. The van der Waals surface area contributed by atoms with Crippen LogP contribution >= 0.6 is 31.9 Å². The van der Waals surface area contributed by atoms with Crippen LogP contribution in [-0.2, 0) is 5.60 Å². The van der Waals surface area contributed by atoms with Gasteiger partial charge in [0.05, 0.1) is 10.1 Å². The van der Waals surface area contributed by atoms with E-state index in [1.807, 2.05) is 49.4 Å². The number of hydrogen-bond donors (Lipinski definition) is 1. The summed E-state index contributed by atoms with van der Waals surface area (Å²) in [7, 11) is 0. The molecule has 1 unspecified atom stereocenters. The molecule has 0 amide bonds. The molecule has 1 atom stereocenters. The van der Waals surface area contributed by atoms with E-state index >= 15 is 0 Å². The van der Waals surface area contributed by atoms with Crippen LogP contribution in [0.2, 0.25) is 0 Å². The maximum absolute atomic E-state index is 10.8. The largest absolute Gasteiger partial charge is 0.456 e. The van der Waals surface area contributed by atoms with Gasteiger partial charge in [-0.3, -0.25) is 0 Å². The Labute approximate surface area is 167 Å². The molecular formula is C20H25Br2NO2. The first-order chi connectivity index (χ1) is 11.9. The zero-order valence-corrected chi connectivity index (χ0v) is 18.1. The highest BCUT2D eigenvalue weighted by atomic mass is 79.9. The molecule has 0 spiro atoms. The van der Waals surface area contributed by atoms with E-state index in [2.05, 4.69) is 50.6 Å². The highest BCUT2D eigenvalue weighted by Crippen LogP contribution is 2.33. The Hall–Kier alpha value is -0.880. The summed E-state index contributed by atoms with van der Waals surface area (Å²) >= 11 is 6.93. The molecule has 136 valence electrons. The fourth-order valence-electron chi connectivity index (χ4n) is 2.63. The molecular weight excluding hydrogens is 446 g/mol. The lowest BCUT2D eigenvalue weighted by molar-refractivity contribution is 0.0369. The second-order valence-electron chi connectivity index (χ2n) is 6.25. The first-order valence-electron chi connectivity index (χ1n) is 8.54. The fraction of sp³-hybridized carbons (Fsp3) is 0.400. The molecule has 0 aromatic heterocycles. The van der Waals surface area contributed by atoms with Crippen LogP contribution < -0.4 is 4.74 Å². The Morgan fingerprint density at radius 1 is 1.04 bits per heavy atom. The average Bonchev–Trinajstić information content (AvgIpc) is 2.59. The summed E-state index contributed by atoms with van der Waals surface area (Å²) in [6, 6.07) is 13.5. The van der Waals surface area contributed by atoms with Gasteiger partial charge in [-0.2, -0.15) is 0 Å². The van der Waals surface area contributed by atoms with Crippen LogP contribution in [0, 0.1) is 0 Å². The normalized spacial score (nSPS) is 13.7. The standard InChI is InChI=1S/C20H25Br2NO2/c1-4-23(5-2)13-12-20(3,24)15-6-9-17(10-7-15)25-19-11-8-16(21)14-18(19)22/h6-11,14,24H,4-5,12-13H2,1-3H3. The van der Waals surface area contributed by atoms with Gasteiger partial charge in [0.25, 0.3) is 0 Å². The molecule has 25 heavy (non-hydrogen) atoms. The number of nitrogens with zero attached hydrogens (tertiary/aromatic N) is 1. The molecule has 0 bridgehead atoms. The molecule has 0 aliphatic rings. The minimum atomic E-state index is -0.848. The number of benzene rings is 2. The molecule has 2 rings (SSSR count). The lowest BCUT2D eigenvalue weighted by Gasteiger charge is -2.27. The smallest absolute Gasteiger partial charge is 0.141 e. The van der Waals surface area contributed by atoms with Gasteiger partial charge in [0, 0.05) is 11.0 Å². The molecule has 3 nitrogen and oxygen atoms in total. The third-order valence-corrected chi connectivity index (χ3v) is 5.52.